The van der Waals surface area contributed by atoms with Gasteiger partial charge in [-0.1, -0.05) is 11.2 Å². The van der Waals surface area contributed by atoms with E-state index in [0.29, 0.717) is 11.5 Å². The molecule has 0 unspecified atom stereocenters. The van der Waals surface area contributed by atoms with Crippen molar-refractivity contribution in [3.05, 3.63) is 59.2 Å². The molecule has 132 valence electrons. The van der Waals surface area contributed by atoms with Gasteiger partial charge in [0.15, 0.2) is 0 Å². The number of carbonyl (C=O) groups excluding carboxylic acids is 1. The topological polar surface area (TPSA) is 71.3 Å². The van der Waals surface area contributed by atoms with E-state index in [-0.39, 0.29) is 11.9 Å². The fourth-order valence-electron chi connectivity index (χ4n) is 2.83. The zero-order chi connectivity index (χ0) is 18.1. The standard InChI is InChI=1S/C20H20N4O2/c1-13-4-5-16(12-14(13)2)18(25)21-20-23-22-19(26-20)15-6-8-17(9-7-15)24-10-3-11-24/h4-9,12H,3,10-11H2,1-2H3,(H,21,23,25). The molecule has 0 atom stereocenters. The molecule has 2 heterocycles. The average molecular weight is 348 g/mol. The average Bonchev–Trinajstić information content (AvgIpc) is 3.05. The SMILES string of the molecule is Cc1ccc(C(=O)Nc2nnc(-c3ccc(N4CCC4)cc3)o2)cc1C. The molecule has 3 aromatic rings. The van der Waals surface area contributed by atoms with Crippen molar-refractivity contribution in [2.24, 2.45) is 0 Å². The van der Waals surface area contributed by atoms with E-state index in [2.05, 4.69) is 20.4 Å². The highest BCUT2D eigenvalue weighted by Crippen LogP contribution is 2.25. The van der Waals surface area contributed by atoms with E-state index < -0.39 is 0 Å². The van der Waals surface area contributed by atoms with Gasteiger partial charge in [-0.05, 0) is 67.8 Å². The molecule has 1 saturated heterocycles. The second-order valence-electron chi connectivity index (χ2n) is 6.55. The summed E-state index contributed by atoms with van der Waals surface area (Å²) in [5.41, 5.74) is 4.79. The number of hydrogen-bond acceptors (Lipinski definition) is 5. The molecule has 0 saturated carbocycles. The molecular formula is C20H20N4O2. The van der Waals surface area contributed by atoms with Crippen LogP contribution in [-0.2, 0) is 0 Å². The van der Waals surface area contributed by atoms with Crippen LogP contribution in [0.5, 0.6) is 0 Å². The predicted molar refractivity (Wildman–Crippen MR) is 100 cm³/mol. The number of benzene rings is 2. The highest BCUT2D eigenvalue weighted by molar-refractivity contribution is 6.03. The van der Waals surface area contributed by atoms with Crippen LogP contribution in [0.3, 0.4) is 0 Å². The number of anilines is 2. The van der Waals surface area contributed by atoms with Crippen molar-refractivity contribution >= 4 is 17.6 Å². The molecule has 1 N–H and O–H groups in total. The molecule has 1 fully saturated rings. The predicted octanol–water partition coefficient (Wildman–Crippen LogP) is 3.82. The molecule has 6 nitrogen and oxygen atoms in total. The van der Waals surface area contributed by atoms with Crippen molar-refractivity contribution in [2.45, 2.75) is 20.3 Å². The van der Waals surface area contributed by atoms with Crippen LogP contribution in [0.15, 0.2) is 46.9 Å². The van der Waals surface area contributed by atoms with Crippen LogP contribution in [-0.4, -0.2) is 29.2 Å². The maximum absolute atomic E-state index is 12.3. The van der Waals surface area contributed by atoms with Gasteiger partial charge in [0, 0.05) is 29.9 Å². The summed E-state index contributed by atoms with van der Waals surface area (Å²) in [5.74, 6) is 0.118. The summed E-state index contributed by atoms with van der Waals surface area (Å²) in [6, 6.07) is 13.6. The number of aryl methyl sites for hydroxylation is 2. The minimum absolute atomic E-state index is 0.0926. The van der Waals surface area contributed by atoms with E-state index in [9.17, 15) is 4.79 Å². The van der Waals surface area contributed by atoms with E-state index in [1.165, 1.54) is 12.1 Å². The van der Waals surface area contributed by atoms with E-state index in [0.717, 1.165) is 29.8 Å². The molecule has 26 heavy (non-hydrogen) atoms. The molecule has 1 amide bonds. The number of nitrogens with zero attached hydrogens (tertiary/aromatic N) is 3. The zero-order valence-electron chi connectivity index (χ0n) is 14.8. The van der Waals surface area contributed by atoms with Gasteiger partial charge < -0.3 is 9.32 Å². The van der Waals surface area contributed by atoms with Crippen LogP contribution in [0.2, 0.25) is 0 Å². The van der Waals surface area contributed by atoms with Gasteiger partial charge in [-0.15, -0.1) is 5.10 Å². The molecule has 1 aromatic heterocycles. The first-order chi connectivity index (χ1) is 12.6. The Hall–Kier alpha value is -3.15. The molecule has 0 radical (unpaired) electrons. The van der Waals surface area contributed by atoms with Crippen molar-refractivity contribution in [1.29, 1.82) is 0 Å². The Morgan fingerprint density at radius 3 is 2.46 bits per heavy atom. The van der Waals surface area contributed by atoms with Gasteiger partial charge in [0.2, 0.25) is 5.89 Å². The summed E-state index contributed by atoms with van der Waals surface area (Å²) in [4.78, 5) is 14.7. The minimum atomic E-state index is -0.267. The molecule has 1 aliphatic rings. The Kier molecular flexibility index (Phi) is 4.16. The Bertz CT molecular complexity index is 943. The third-order valence-electron chi connectivity index (χ3n) is 4.75. The van der Waals surface area contributed by atoms with E-state index >= 15 is 0 Å². The van der Waals surface area contributed by atoms with Crippen molar-refractivity contribution in [3.63, 3.8) is 0 Å². The highest BCUT2D eigenvalue weighted by Gasteiger charge is 2.16. The summed E-state index contributed by atoms with van der Waals surface area (Å²) >= 11 is 0. The zero-order valence-corrected chi connectivity index (χ0v) is 14.8. The third-order valence-corrected chi connectivity index (χ3v) is 4.75. The first-order valence-electron chi connectivity index (χ1n) is 8.68. The fourth-order valence-corrected chi connectivity index (χ4v) is 2.83. The Morgan fingerprint density at radius 1 is 1.04 bits per heavy atom. The second-order valence-corrected chi connectivity index (χ2v) is 6.55. The van der Waals surface area contributed by atoms with Crippen molar-refractivity contribution in [1.82, 2.24) is 10.2 Å². The van der Waals surface area contributed by atoms with Crippen molar-refractivity contribution in [3.8, 4) is 11.5 Å². The van der Waals surface area contributed by atoms with Gasteiger partial charge in [-0.25, -0.2) is 0 Å². The van der Waals surface area contributed by atoms with Crippen LogP contribution in [0.1, 0.15) is 27.9 Å². The van der Waals surface area contributed by atoms with Gasteiger partial charge in [0.25, 0.3) is 5.91 Å². The van der Waals surface area contributed by atoms with Crippen molar-refractivity contribution in [2.75, 3.05) is 23.3 Å². The Balaban J connectivity index is 1.47. The lowest BCUT2D eigenvalue weighted by molar-refractivity contribution is 0.102. The van der Waals surface area contributed by atoms with Crippen LogP contribution in [0.4, 0.5) is 11.7 Å². The first-order valence-corrected chi connectivity index (χ1v) is 8.68. The van der Waals surface area contributed by atoms with Crippen LogP contribution in [0.25, 0.3) is 11.5 Å². The number of aromatic nitrogens is 2. The maximum atomic E-state index is 12.3. The Morgan fingerprint density at radius 2 is 1.81 bits per heavy atom. The van der Waals surface area contributed by atoms with Gasteiger partial charge in [0.1, 0.15) is 0 Å². The fraction of sp³-hybridized carbons (Fsp3) is 0.250. The lowest BCUT2D eigenvalue weighted by Crippen LogP contribution is -2.36. The summed E-state index contributed by atoms with van der Waals surface area (Å²) in [7, 11) is 0. The molecular weight excluding hydrogens is 328 g/mol. The summed E-state index contributed by atoms with van der Waals surface area (Å²) in [6.45, 7) is 6.19. The largest absolute Gasteiger partial charge is 0.403 e. The summed E-state index contributed by atoms with van der Waals surface area (Å²) in [5, 5.41) is 10.6. The summed E-state index contributed by atoms with van der Waals surface area (Å²) in [6.07, 6.45) is 1.25. The van der Waals surface area contributed by atoms with Crippen LogP contribution < -0.4 is 10.2 Å². The molecule has 0 bridgehead atoms. The summed E-state index contributed by atoms with van der Waals surface area (Å²) < 4.78 is 5.59. The van der Waals surface area contributed by atoms with E-state index in [1.807, 2.05) is 50.2 Å². The molecule has 4 rings (SSSR count). The third kappa shape index (κ3) is 3.18. The molecule has 0 aliphatic carbocycles. The van der Waals surface area contributed by atoms with Crippen LogP contribution >= 0.6 is 0 Å². The van der Waals surface area contributed by atoms with Gasteiger partial charge in [-0.2, -0.15) is 0 Å². The second kappa shape index (κ2) is 6.63. The maximum Gasteiger partial charge on any atom is 0.322 e. The molecule has 6 heteroatoms. The normalized spacial score (nSPS) is 13.4. The number of carbonyl (C=O) groups is 1. The van der Waals surface area contributed by atoms with Crippen molar-refractivity contribution < 1.29 is 9.21 Å². The molecule has 1 aliphatic heterocycles. The molecule has 2 aromatic carbocycles. The highest BCUT2D eigenvalue weighted by atomic mass is 16.4. The number of amides is 1. The lowest BCUT2D eigenvalue weighted by atomic mass is 10.1. The monoisotopic (exact) mass is 348 g/mol. The van der Waals surface area contributed by atoms with Crippen LogP contribution in [0, 0.1) is 13.8 Å². The minimum Gasteiger partial charge on any atom is -0.403 e. The quantitative estimate of drug-likeness (QED) is 0.776. The molecule has 0 spiro atoms. The smallest absolute Gasteiger partial charge is 0.322 e. The lowest BCUT2D eigenvalue weighted by Gasteiger charge is -2.33. The van der Waals surface area contributed by atoms with E-state index in [1.54, 1.807) is 6.07 Å². The van der Waals surface area contributed by atoms with Gasteiger partial charge >= 0.3 is 6.01 Å². The number of nitrogens with one attached hydrogen (secondary N) is 1. The van der Waals surface area contributed by atoms with Gasteiger partial charge in [0.05, 0.1) is 0 Å². The van der Waals surface area contributed by atoms with E-state index in [4.69, 9.17) is 4.42 Å². The number of hydrogen-bond donors (Lipinski definition) is 1. The van der Waals surface area contributed by atoms with Gasteiger partial charge in [-0.3, -0.25) is 10.1 Å². The first kappa shape index (κ1) is 16.3. The Labute approximate surface area is 151 Å². The number of rotatable bonds is 4.